The van der Waals surface area contributed by atoms with Crippen molar-refractivity contribution >= 4 is 28.4 Å². The Balaban J connectivity index is 1.65. The zero-order valence-electron chi connectivity index (χ0n) is 13.8. The van der Waals surface area contributed by atoms with E-state index in [1.165, 1.54) is 6.33 Å². The number of primary amides is 1. The number of rotatable bonds is 5. The van der Waals surface area contributed by atoms with Gasteiger partial charge in [0, 0.05) is 5.69 Å². The fourth-order valence-corrected chi connectivity index (χ4v) is 2.75. The Kier molecular flexibility index (Phi) is 4.03. The molecule has 0 unspecified atom stereocenters. The lowest BCUT2D eigenvalue weighted by atomic mass is 10.1. The Hall–Kier alpha value is -3.74. The molecule has 128 valence electrons. The van der Waals surface area contributed by atoms with Gasteiger partial charge in [0.05, 0.1) is 23.7 Å². The monoisotopic (exact) mass is 344 g/mol. The van der Waals surface area contributed by atoms with Crippen LogP contribution in [0.5, 0.6) is 0 Å². The van der Waals surface area contributed by atoms with Gasteiger partial charge in [0.2, 0.25) is 5.91 Å². The highest BCUT2D eigenvalue weighted by Crippen LogP contribution is 2.24. The zero-order valence-corrected chi connectivity index (χ0v) is 13.8. The predicted octanol–water partition coefficient (Wildman–Crippen LogP) is 2.59. The van der Waals surface area contributed by atoms with E-state index in [0.717, 1.165) is 28.0 Å². The predicted molar refractivity (Wildman–Crippen MR) is 99.3 cm³/mol. The highest BCUT2D eigenvalue weighted by molar-refractivity contribution is 5.89. The van der Waals surface area contributed by atoms with E-state index < -0.39 is 0 Å². The summed E-state index contributed by atoms with van der Waals surface area (Å²) in [5.74, 6) is 0.316. The summed E-state index contributed by atoms with van der Waals surface area (Å²) in [6, 6.07) is 17.3. The van der Waals surface area contributed by atoms with Gasteiger partial charge >= 0.3 is 0 Å². The molecule has 0 aliphatic carbocycles. The smallest absolute Gasteiger partial charge is 0.221 e. The normalized spacial score (nSPS) is 10.8. The maximum Gasteiger partial charge on any atom is 0.221 e. The highest BCUT2D eigenvalue weighted by Gasteiger charge is 2.11. The van der Waals surface area contributed by atoms with Gasteiger partial charge in [0.25, 0.3) is 0 Å². The molecule has 2 aromatic carbocycles. The van der Waals surface area contributed by atoms with E-state index in [0.29, 0.717) is 5.82 Å². The van der Waals surface area contributed by atoms with Crippen LogP contribution in [0, 0.1) is 0 Å². The van der Waals surface area contributed by atoms with Crippen molar-refractivity contribution in [2.24, 2.45) is 5.73 Å². The second-order valence-electron chi connectivity index (χ2n) is 5.82. The summed E-state index contributed by atoms with van der Waals surface area (Å²) >= 11 is 0. The summed E-state index contributed by atoms with van der Waals surface area (Å²) in [5.41, 5.74) is 8.59. The van der Waals surface area contributed by atoms with Gasteiger partial charge in [-0.25, -0.2) is 14.6 Å². The Morgan fingerprint density at radius 1 is 1.04 bits per heavy atom. The molecule has 3 N–H and O–H groups in total. The average Bonchev–Trinajstić information content (AvgIpc) is 3.09. The first kappa shape index (κ1) is 15.8. The van der Waals surface area contributed by atoms with E-state index in [4.69, 9.17) is 5.73 Å². The molecule has 7 nitrogen and oxygen atoms in total. The fraction of sp³-hybridized carbons (Fsp3) is 0.0526. The first-order valence-corrected chi connectivity index (χ1v) is 8.09. The molecule has 1 amide bonds. The molecule has 2 aromatic heterocycles. The molecule has 7 heteroatoms. The lowest BCUT2D eigenvalue weighted by Crippen LogP contribution is -2.13. The molecule has 0 bridgehead atoms. The number of carbonyl (C=O) groups excluding carboxylic acids is 1. The number of para-hydroxylation sites is 1. The number of carbonyl (C=O) groups is 1. The molecule has 4 aromatic rings. The summed E-state index contributed by atoms with van der Waals surface area (Å²) < 4.78 is 1.78. The molecule has 26 heavy (non-hydrogen) atoms. The van der Waals surface area contributed by atoms with Gasteiger partial charge in [-0.1, -0.05) is 30.3 Å². The van der Waals surface area contributed by atoms with Crippen molar-refractivity contribution in [3.63, 3.8) is 0 Å². The molecule has 2 heterocycles. The van der Waals surface area contributed by atoms with Crippen molar-refractivity contribution in [1.82, 2.24) is 19.7 Å². The van der Waals surface area contributed by atoms with Gasteiger partial charge < -0.3 is 11.1 Å². The van der Waals surface area contributed by atoms with Gasteiger partial charge in [0.1, 0.15) is 12.1 Å². The summed E-state index contributed by atoms with van der Waals surface area (Å²) in [4.78, 5) is 19.7. The first-order valence-electron chi connectivity index (χ1n) is 8.09. The minimum Gasteiger partial charge on any atom is -0.369 e. The maximum absolute atomic E-state index is 11.0. The number of fused-ring (bicyclic) bond motifs is 1. The van der Waals surface area contributed by atoms with Gasteiger partial charge in [-0.2, -0.15) is 5.10 Å². The van der Waals surface area contributed by atoms with Crippen molar-refractivity contribution in [3.8, 4) is 5.69 Å². The summed E-state index contributed by atoms with van der Waals surface area (Å²) in [6.07, 6.45) is 3.47. The van der Waals surface area contributed by atoms with Crippen LogP contribution < -0.4 is 11.1 Å². The minimum atomic E-state index is -0.350. The molecule has 4 rings (SSSR count). The topological polar surface area (TPSA) is 98.7 Å². The lowest BCUT2D eigenvalue weighted by Gasteiger charge is -2.08. The van der Waals surface area contributed by atoms with Crippen LogP contribution in [0.1, 0.15) is 5.56 Å². The number of aromatic nitrogens is 4. The van der Waals surface area contributed by atoms with Crippen molar-refractivity contribution < 1.29 is 4.79 Å². The largest absolute Gasteiger partial charge is 0.369 e. The van der Waals surface area contributed by atoms with Crippen molar-refractivity contribution in [2.75, 3.05) is 5.32 Å². The lowest BCUT2D eigenvalue weighted by molar-refractivity contribution is -0.117. The van der Waals surface area contributed by atoms with Crippen LogP contribution in [0.2, 0.25) is 0 Å². The van der Waals surface area contributed by atoms with Gasteiger partial charge in [-0.15, -0.1) is 0 Å². The molecule has 0 fully saturated rings. The number of hydrogen-bond donors (Lipinski definition) is 2. The molecular formula is C19H16N6O. The summed E-state index contributed by atoms with van der Waals surface area (Å²) in [7, 11) is 0. The summed E-state index contributed by atoms with van der Waals surface area (Å²) in [5, 5.41) is 8.53. The molecular weight excluding hydrogens is 328 g/mol. The van der Waals surface area contributed by atoms with Crippen LogP contribution in [-0.2, 0) is 11.2 Å². The zero-order chi connectivity index (χ0) is 17.9. The van der Waals surface area contributed by atoms with Crippen LogP contribution >= 0.6 is 0 Å². The quantitative estimate of drug-likeness (QED) is 0.580. The number of nitrogens with one attached hydrogen (secondary N) is 1. The molecule has 0 atom stereocenters. The molecule has 0 spiro atoms. The van der Waals surface area contributed by atoms with E-state index in [1.54, 1.807) is 10.9 Å². The molecule has 0 radical (unpaired) electrons. The van der Waals surface area contributed by atoms with Crippen LogP contribution in [0.15, 0.2) is 67.1 Å². The van der Waals surface area contributed by atoms with Crippen LogP contribution in [-0.4, -0.2) is 25.7 Å². The summed E-state index contributed by atoms with van der Waals surface area (Å²) in [6.45, 7) is 0. The maximum atomic E-state index is 11.0. The Bertz CT molecular complexity index is 1060. The van der Waals surface area contributed by atoms with E-state index >= 15 is 0 Å². The van der Waals surface area contributed by atoms with Crippen molar-refractivity contribution in [2.45, 2.75) is 6.42 Å². The average molecular weight is 344 g/mol. The second-order valence-corrected chi connectivity index (χ2v) is 5.82. The third-order valence-corrected chi connectivity index (χ3v) is 3.96. The van der Waals surface area contributed by atoms with E-state index in [2.05, 4.69) is 20.4 Å². The molecule has 0 saturated heterocycles. The molecule has 0 aliphatic heterocycles. The molecule has 0 saturated carbocycles. The van der Waals surface area contributed by atoms with Crippen molar-refractivity contribution in [1.29, 1.82) is 0 Å². The van der Waals surface area contributed by atoms with Crippen LogP contribution in [0.4, 0.5) is 11.5 Å². The van der Waals surface area contributed by atoms with Crippen LogP contribution in [0.3, 0.4) is 0 Å². The first-order chi connectivity index (χ1) is 12.7. The number of amides is 1. The van der Waals surface area contributed by atoms with E-state index in [-0.39, 0.29) is 12.3 Å². The third-order valence-electron chi connectivity index (χ3n) is 3.96. The van der Waals surface area contributed by atoms with Gasteiger partial charge in [0.15, 0.2) is 5.65 Å². The number of hydrogen-bond acceptors (Lipinski definition) is 5. The Morgan fingerprint density at radius 3 is 2.54 bits per heavy atom. The van der Waals surface area contributed by atoms with E-state index in [9.17, 15) is 4.79 Å². The third kappa shape index (κ3) is 3.10. The molecule has 0 aliphatic rings. The number of benzene rings is 2. The SMILES string of the molecule is NC(=O)Cc1ccc(Nc2ncnc3c2cnn3-c2ccccc2)cc1. The van der Waals surface area contributed by atoms with Crippen molar-refractivity contribution in [3.05, 3.63) is 72.7 Å². The second kappa shape index (κ2) is 6.64. The van der Waals surface area contributed by atoms with E-state index in [1.807, 2.05) is 54.6 Å². The number of nitrogens with two attached hydrogens (primary N) is 1. The van der Waals surface area contributed by atoms with Gasteiger partial charge in [-0.3, -0.25) is 4.79 Å². The Morgan fingerprint density at radius 2 is 1.81 bits per heavy atom. The standard InChI is InChI=1S/C19H16N6O/c20-17(26)10-13-6-8-14(9-7-13)24-18-16-11-23-25(19(16)22-12-21-18)15-4-2-1-3-5-15/h1-9,11-12H,10H2,(H2,20,26)(H,21,22,24). The number of anilines is 2. The Labute approximate surface area is 149 Å². The fourth-order valence-electron chi connectivity index (χ4n) is 2.75. The van der Waals surface area contributed by atoms with Crippen LogP contribution in [0.25, 0.3) is 16.7 Å². The highest BCUT2D eigenvalue weighted by atomic mass is 16.1. The minimum absolute atomic E-state index is 0.224. The number of nitrogens with zero attached hydrogens (tertiary/aromatic N) is 4. The van der Waals surface area contributed by atoms with Gasteiger partial charge in [-0.05, 0) is 29.8 Å².